The van der Waals surface area contributed by atoms with Crippen molar-refractivity contribution in [3.8, 4) is 6.07 Å². The molecule has 1 amide bonds. The first-order valence-corrected chi connectivity index (χ1v) is 6.27. The van der Waals surface area contributed by atoms with Crippen LogP contribution in [0.2, 0.25) is 0 Å². The van der Waals surface area contributed by atoms with Crippen molar-refractivity contribution in [2.75, 3.05) is 5.32 Å². The monoisotopic (exact) mass is 244 g/mol. The van der Waals surface area contributed by atoms with Gasteiger partial charge < -0.3 is 5.32 Å². The van der Waals surface area contributed by atoms with E-state index in [9.17, 15) is 10.1 Å². The fourth-order valence-electron chi connectivity index (χ4n) is 2.33. The molecule has 0 spiro atoms. The summed E-state index contributed by atoms with van der Waals surface area (Å²) < 4.78 is 0. The number of aromatic nitrogens is 2. The maximum atomic E-state index is 12.3. The number of anilines is 1. The van der Waals surface area contributed by atoms with E-state index in [2.05, 4.69) is 21.6 Å². The van der Waals surface area contributed by atoms with Gasteiger partial charge in [0.25, 0.3) is 0 Å². The molecule has 1 saturated carbocycles. The molecule has 0 bridgehead atoms. The predicted octanol–water partition coefficient (Wildman–Crippen LogP) is 2.28. The summed E-state index contributed by atoms with van der Waals surface area (Å²) >= 11 is 0. The zero-order valence-corrected chi connectivity index (χ0v) is 10.2. The molecule has 1 aliphatic carbocycles. The zero-order chi connectivity index (χ0) is 12.8. The Balaban J connectivity index is 2.12. The minimum absolute atomic E-state index is 0.243. The van der Waals surface area contributed by atoms with Gasteiger partial charge in [0.1, 0.15) is 5.41 Å². The second kappa shape index (κ2) is 5.58. The molecule has 0 atom stereocenters. The lowest BCUT2D eigenvalue weighted by atomic mass is 9.81. The van der Waals surface area contributed by atoms with Crippen molar-refractivity contribution in [1.82, 2.24) is 10.2 Å². The van der Waals surface area contributed by atoms with Gasteiger partial charge in [0.05, 0.1) is 6.07 Å². The Hall–Kier alpha value is -1.96. The van der Waals surface area contributed by atoms with Gasteiger partial charge in [0, 0.05) is 6.20 Å². The third-order valence-corrected chi connectivity index (χ3v) is 3.42. The lowest BCUT2D eigenvalue weighted by molar-refractivity contribution is -0.123. The summed E-state index contributed by atoms with van der Waals surface area (Å²) in [6.45, 7) is 0. The Labute approximate surface area is 106 Å². The number of carbonyl (C=O) groups is 1. The lowest BCUT2D eigenvalue weighted by Crippen LogP contribution is -2.34. The SMILES string of the molecule is N#CC1(C(=O)Nc2cccnn2)CCCCCC1. The molecular formula is C13H16N4O. The maximum Gasteiger partial charge on any atom is 0.246 e. The second-order valence-electron chi connectivity index (χ2n) is 4.67. The molecule has 94 valence electrons. The van der Waals surface area contributed by atoms with Gasteiger partial charge in [-0.15, -0.1) is 5.10 Å². The first-order chi connectivity index (χ1) is 8.77. The van der Waals surface area contributed by atoms with Crippen LogP contribution in [-0.4, -0.2) is 16.1 Å². The predicted molar refractivity (Wildman–Crippen MR) is 66.4 cm³/mol. The third kappa shape index (κ3) is 2.65. The van der Waals surface area contributed by atoms with Crippen LogP contribution in [0.25, 0.3) is 0 Å². The topological polar surface area (TPSA) is 78.7 Å². The minimum Gasteiger partial charge on any atom is -0.308 e. The summed E-state index contributed by atoms with van der Waals surface area (Å²) in [6, 6.07) is 5.59. The summed E-state index contributed by atoms with van der Waals surface area (Å²) in [7, 11) is 0. The zero-order valence-electron chi connectivity index (χ0n) is 10.2. The molecule has 1 aliphatic rings. The fraction of sp³-hybridized carbons (Fsp3) is 0.538. The Morgan fingerprint density at radius 3 is 2.61 bits per heavy atom. The lowest BCUT2D eigenvalue weighted by Gasteiger charge is -2.22. The standard InChI is InChI=1S/C13H16N4O/c14-10-13(7-3-1-2-4-8-13)12(18)16-11-6-5-9-15-17-11/h5-6,9H,1-4,7-8H2,(H,16,17,18). The van der Waals surface area contributed by atoms with Gasteiger partial charge >= 0.3 is 0 Å². The van der Waals surface area contributed by atoms with Gasteiger partial charge in [0.2, 0.25) is 5.91 Å². The number of rotatable bonds is 2. The average molecular weight is 244 g/mol. The highest BCUT2D eigenvalue weighted by Crippen LogP contribution is 2.35. The molecule has 2 rings (SSSR count). The first kappa shape index (κ1) is 12.5. The quantitative estimate of drug-likeness (QED) is 0.809. The molecule has 0 aliphatic heterocycles. The molecule has 5 nitrogen and oxygen atoms in total. The van der Waals surface area contributed by atoms with Crippen molar-refractivity contribution in [2.24, 2.45) is 5.41 Å². The van der Waals surface area contributed by atoms with Gasteiger partial charge in [-0.1, -0.05) is 25.7 Å². The van der Waals surface area contributed by atoms with Crippen LogP contribution in [0.3, 0.4) is 0 Å². The molecule has 1 aromatic heterocycles. The van der Waals surface area contributed by atoms with Crippen molar-refractivity contribution < 1.29 is 4.79 Å². The van der Waals surface area contributed by atoms with E-state index in [1.165, 1.54) is 0 Å². The van der Waals surface area contributed by atoms with E-state index < -0.39 is 5.41 Å². The Kier molecular flexibility index (Phi) is 3.88. The molecule has 1 N–H and O–H groups in total. The minimum atomic E-state index is -0.895. The normalized spacial score (nSPS) is 18.4. The number of nitrogens with one attached hydrogen (secondary N) is 1. The molecule has 1 heterocycles. The van der Waals surface area contributed by atoms with Gasteiger partial charge in [-0.25, -0.2) is 0 Å². The molecule has 1 fully saturated rings. The van der Waals surface area contributed by atoms with Crippen molar-refractivity contribution in [3.63, 3.8) is 0 Å². The van der Waals surface area contributed by atoms with Crippen LogP contribution in [0.5, 0.6) is 0 Å². The van der Waals surface area contributed by atoms with Crippen LogP contribution in [-0.2, 0) is 4.79 Å². The van der Waals surface area contributed by atoms with Crippen molar-refractivity contribution >= 4 is 11.7 Å². The molecular weight excluding hydrogens is 228 g/mol. The fourth-order valence-corrected chi connectivity index (χ4v) is 2.33. The third-order valence-electron chi connectivity index (χ3n) is 3.42. The average Bonchev–Trinajstić information content (AvgIpc) is 2.66. The van der Waals surface area contributed by atoms with Crippen LogP contribution in [0.15, 0.2) is 18.3 Å². The van der Waals surface area contributed by atoms with Crippen LogP contribution in [0.1, 0.15) is 38.5 Å². The largest absolute Gasteiger partial charge is 0.308 e. The van der Waals surface area contributed by atoms with Crippen molar-refractivity contribution in [1.29, 1.82) is 5.26 Å². The smallest absolute Gasteiger partial charge is 0.246 e. The molecule has 5 heteroatoms. The van der Waals surface area contributed by atoms with Gasteiger partial charge in [-0.3, -0.25) is 4.79 Å². The molecule has 0 aromatic carbocycles. The van der Waals surface area contributed by atoms with Crippen LogP contribution in [0, 0.1) is 16.7 Å². The van der Waals surface area contributed by atoms with Gasteiger partial charge in [0.15, 0.2) is 5.82 Å². The molecule has 0 unspecified atom stereocenters. The van der Waals surface area contributed by atoms with E-state index in [0.717, 1.165) is 25.7 Å². The van der Waals surface area contributed by atoms with Crippen molar-refractivity contribution in [2.45, 2.75) is 38.5 Å². The van der Waals surface area contributed by atoms with E-state index in [1.54, 1.807) is 18.3 Å². The number of nitriles is 1. The number of hydrogen-bond donors (Lipinski definition) is 1. The van der Waals surface area contributed by atoms with Crippen LogP contribution in [0.4, 0.5) is 5.82 Å². The molecule has 18 heavy (non-hydrogen) atoms. The first-order valence-electron chi connectivity index (χ1n) is 6.27. The summed E-state index contributed by atoms with van der Waals surface area (Å²) in [4.78, 5) is 12.3. The summed E-state index contributed by atoms with van der Waals surface area (Å²) in [5, 5.41) is 19.6. The van der Waals surface area contributed by atoms with E-state index in [-0.39, 0.29) is 5.91 Å². The highest BCUT2D eigenvalue weighted by atomic mass is 16.2. The number of amides is 1. The summed E-state index contributed by atoms with van der Waals surface area (Å²) in [5.74, 6) is 0.161. The van der Waals surface area contributed by atoms with Gasteiger partial charge in [-0.2, -0.15) is 10.4 Å². The second-order valence-corrected chi connectivity index (χ2v) is 4.67. The highest BCUT2D eigenvalue weighted by Gasteiger charge is 2.39. The summed E-state index contributed by atoms with van der Waals surface area (Å²) in [6.07, 6.45) is 6.87. The molecule has 0 radical (unpaired) electrons. The van der Waals surface area contributed by atoms with Gasteiger partial charge in [-0.05, 0) is 25.0 Å². The Bertz CT molecular complexity index is 444. The number of carbonyl (C=O) groups excluding carboxylic acids is 1. The maximum absolute atomic E-state index is 12.3. The number of nitrogens with zero attached hydrogens (tertiary/aromatic N) is 3. The van der Waals surface area contributed by atoms with E-state index in [0.29, 0.717) is 18.7 Å². The van der Waals surface area contributed by atoms with Crippen LogP contribution >= 0.6 is 0 Å². The van der Waals surface area contributed by atoms with E-state index in [1.807, 2.05) is 0 Å². The molecule has 1 aromatic rings. The highest BCUT2D eigenvalue weighted by molar-refractivity contribution is 5.96. The number of hydrogen-bond acceptors (Lipinski definition) is 4. The summed E-state index contributed by atoms with van der Waals surface area (Å²) in [5.41, 5.74) is -0.895. The van der Waals surface area contributed by atoms with E-state index >= 15 is 0 Å². The van der Waals surface area contributed by atoms with E-state index in [4.69, 9.17) is 0 Å². The molecule has 0 saturated heterocycles. The van der Waals surface area contributed by atoms with Crippen LogP contribution < -0.4 is 5.32 Å². The Morgan fingerprint density at radius 1 is 1.33 bits per heavy atom. The van der Waals surface area contributed by atoms with Crippen molar-refractivity contribution in [3.05, 3.63) is 18.3 Å². The Morgan fingerprint density at radius 2 is 2.06 bits per heavy atom.